The zero-order chi connectivity index (χ0) is 17.7. The number of aromatic nitrogens is 3. The smallest absolute Gasteiger partial charge is 0.326 e. The molecule has 4 heterocycles. The van der Waals surface area contributed by atoms with Crippen LogP contribution >= 0.6 is 11.3 Å². The van der Waals surface area contributed by atoms with Crippen molar-refractivity contribution in [1.29, 1.82) is 0 Å². The van der Waals surface area contributed by atoms with Crippen molar-refractivity contribution in [3.63, 3.8) is 0 Å². The van der Waals surface area contributed by atoms with Crippen molar-refractivity contribution in [3.8, 4) is 11.4 Å². The van der Waals surface area contributed by atoms with E-state index in [1.165, 1.54) is 10.4 Å². The summed E-state index contributed by atoms with van der Waals surface area (Å²) in [5.41, 5.74) is 2.18. The molecule has 0 amide bonds. The summed E-state index contributed by atoms with van der Waals surface area (Å²) in [6, 6.07) is 3.30. The molecule has 0 radical (unpaired) electrons. The van der Waals surface area contributed by atoms with Crippen LogP contribution in [0.1, 0.15) is 29.7 Å². The normalized spacial score (nSPS) is 19.2. The summed E-state index contributed by atoms with van der Waals surface area (Å²) < 4.78 is 0. The second-order valence-corrected chi connectivity index (χ2v) is 7.92. The second kappa shape index (κ2) is 6.02. The van der Waals surface area contributed by atoms with Gasteiger partial charge in [0.2, 0.25) is 0 Å². The van der Waals surface area contributed by atoms with Crippen molar-refractivity contribution in [1.82, 2.24) is 15.0 Å². The Morgan fingerprint density at radius 1 is 1.27 bits per heavy atom. The van der Waals surface area contributed by atoms with E-state index in [-0.39, 0.29) is 0 Å². The van der Waals surface area contributed by atoms with Crippen molar-refractivity contribution < 1.29 is 9.90 Å². The van der Waals surface area contributed by atoms with Crippen molar-refractivity contribution in [2.45, 2.75) is 38.1 Å². The average molecular weight is 366 g/mol. The van der Waals surface area contributed by atoms with Crippen molar-refractivity contribution in [2.24, 2.45) is 0 Å². The van der Waals surface area contributed by atoms with Gasteiger partial charge in [-0.3, -0.25) is 4.98 Å². The molecule has 1 saturated heterocycles. The maximum Gasteiger partial charge on any atom is 0.326 e. The summed E-state index contributed by atoms with van der Waals surface area (Å²) in [5.74, 6) is 0.638. The lowest BCUT2D eigenvalue weighted by atomic mass is 10.1. The van der Waals surface area contributed by atoms with E-state index in [9.17, 15) is 9.90 Å². The lowest BCUT2D eigenvalue weighted by Gasteiger charge is -2.24. The molecule has 1 aliphatic heterocycles. The van der Waals surface area contributed by atoms with E-state index in [0.717, 1.165) is 53.8 Å². The summed E-state index contributed by atoms with van der Waals surface area (Å²) in [6.45, 7) is 0.722. The highest BCUT2D eigenvalue weighted by Gasteiger charge is 2.34. The number of thiophene rings is 1. The van der Waals surface area contributed by atoms with Crippen LogP contribution in [0.3, 0.4) is 0 Å². The number of carbonyl (C=O) groups is 1. The molecule has 1 N–H and O–H groups in total. The molecule has 0 spiro atoms. The van der Waals surface area contributed by atoms with E-state index in [0.29, 0.717) is 12.2 Å². The Labute approximate surface area is 154 Å². The molecule has 132 valence electrons. The number of nitrogens with zero attached hydrogens (tertiary/aromatic N) is 4. The summed E-state index contributed by atoms with van der Waals surface area (Å²) in [7, 11) is 0. The van der Waals surface area contributed by atoms with Gasteiger partial charge in [0.15, 0.2) is 5.82 Å². The molecule has 0 aromatic carbocycles. The number of fused-ring (bicyclic) bond motifs is 3. The first-order chi connectivity index (χ1) is 12.7. The molecule has 0 unspecified atom stereocenters. The highest BCUT2D eigenvalue weighted by molar-refractivity contribution is 7.19. The number of aliphatic carboxylic acids is 1. The maximum absolute atomic E-state index is 11.8. The Morgan fingerprint density at radius 2 is 2.19 bits per heavy atom. The molecular formula is C19H18N4O2S. The quantitative estimate of drug-likeness (QED) is 0.766. The molecule has 5 rings (SSSR count). The Bertz CT molecular complexity index is 1000. The monoisotopic (exact) mass is 366 g/mol. The number of rotatable bonds is 3. The lowest BCUT2D eigenvalue weighted by molar-refractivity contribution is -0.138. The Hall–Kier alpha value is -2.54. The fraction of sp³-hybridized carbons (Fsp3) is 0.368. The van der Waals surface area contributed by atoms with Gasteiger partial charge in [0.25, 0.3) is 0 Å². The highest BCUT2D eigenvalue weighted by Crippen LogP contribution is 2.42. The molecular weight excluding hydrogens is 348 g/mol. The third-order valence-electron chi connectivity index (χ3n) is 5.28. The first-order valence-electron chi connectivity index (χ1n) is 8.94. The van der Waals surface area contributed by atoms with Crippen molar-refractivity contribution in [2.75, 3.05) is 11.4 Å². The third-order valence-corrected chi connectivity index (χ3v) is 6.46. The van der Waals surface area contributed by atoms with Gasteiger partial charge in [-0.05, 0) is 49.8 Å². The van der Waals surface area contributed by atoms with Crippen molar-refractivity contribution in [3.05, 3.63) is 35.0 Å². The molecule has 6 nitrogen and oxygen atoms in total. The summed E-state index contributed by atoms with van der Waals surface area (Å²) in [6.07, 6.45) is 8.29. The van der Waals surface area contributed by atoms with Gasteiger partial charge in [-0.25, -0.2) is 14.8 Å². The highest BCUT2D eigenvalue weighted by atomic mass is 32.1. The molecule has 3 aromatic heterocycles. The van der Waals surface area contributed by atoms with Gasteiger partial charge in [0.1, 0.15) is 16.7 Å². The minimum Gasteiger partial charge on any atom is -0.480 e. The molecule has 1 fully saturated rings. The molecule has 0 bridgehead atoms. The average Bonchev–Trinajstić information content (AvgIpc) is 3.36. The van der Waals surface area contributed by atoms with Crippen LogP contribution in [0.2, 0.25) is 0 Å². The van der Waals surface area contributed by atoms with Crippen LogP contribution in [0.4, 0.5) is 5.82 Å². The SMILES string of the molecule is O=C(O)[C@H]1CCCN1c1nc(-c2cccnc2)nc2sc3c(c12)CCC3. The van der Waals surface area contributed by atoms with Crippen LogP contribution in [0.25, 0.3) is 21.6 Å². The van der Waals surface area contributed by atoms with Crippen LogP contribution in [0.15, 0.2) is 24.5 Å². The Balaban J connectivity index is 1.75. The second-order valence-electron chi connectivity index (χ2n) is 6.84. The van der Waals surface area contributed by atoms with Gasteiger partial charge in [0.05, 0.1) is 5.39 Å². The molecule has 7 heteroatoms. The number of carboxylic acid groups (broad SMARTS) is 1. The topological polar surface area (TPSA) is 79.2 Å². The van der Waals surface area contributed by atoms with Crippen LogP contribution in [-0.2, 0) is 17.6 Å². The van der Waals surface area contributed by atoms with Gasteiger partial charge in [0, 0.05) is 29.4 Å². The summed E-state index contributed by atoms with van der Waals surface area (Å²) >= 11 is 1.73. The minimum atomic E-state index is -0.774. The Kier molecular flexibility index (Phi) is 3.63. The lowest BCUT2D eigenvalue weighted by Crippen LogP contribution is -2.36. The van der Waals surface area contributed by atoms with Gasteiger partial charge < -0.3 is 10.0 Å². The van der Waals surface area contributed by atoms with Crippen molar-refractivity contribution >= 4 is 33.3 Å². The molecule has 1 aliphatic carbocycles. The standard InChI is InChI=1S/C19H18N4O2S/c24-19(25)13-6-3-9-23(13)17-15-12-5-1-7-14(12)26-18(15)22-16(21-17)11-4-2-8-20-10-11/h2,4,8,10,13H,1,3,5-7,9H2,(H,24,25)/t13-/m1/s1. The van der Waals surface area contributed by atoms with E-state index >= 15 is 0 Å². The third kappa shape index (κ3) is 2.38. The molecule has 2 aliphatic rings. The first kappa shape index (κ1) is 15.7. The molecule has 1 atom stereocenters. The van der Waals surface area contributed by atoms with E-state index in [1.807, 2.05) is 17.0 Å². The van der Waals surface area contributed by atoms with E-state index in [1.54, 1.807) is 23.7 Å². The molecule has 3 aromatic rings. The first-order valence-corrected chi connectivity index (χ1v) is 9.76. The zero-order valence-corrected chi connectivity index (χ0v) is 15.0. The van der Waals surface area contributed by atoms with Gasteiger partial charge in [-0.15, -0.1) is 11.3 Å². The van der Waals surface area contributed by atoms with E-state index in [2.05, 4.69) is 4.98 Å². The summed E-state index contributed by atoms with van der Waals surface area (Å²) in [4.78, 5) is 29.9. The molecule has 0 saturated carbocycles. The van der Waals surface area contributed by atoms with E-state index in [4.69, 9.17) is 9.97 Å². The van der Waals surface area contributed by atoms with E-state index < -0.39 is 12.0 Å². The minimum absolute atomic E-state index is 0.508. The zero-order valence-electron chi connectivity index (χ0n) is 14.2. The number of anilines is 1. The number of carboxylic acids is 1. The number of hydrogen-bond acceptors (Lipinski definition) is 6. The van der Waals surface area contributed by atoms with Crippen LogP contribution in [0, 0.1) is 0 Å². The number of pyridine rings is 1. The predicted octanol–water partition coefficient (Wildman–Crippen LogP) is 3.30. The number of hydrogen-bond donors (Lipinski definition) is 1. The predicted molar refractivity (Wildman–Crippen MR) is 101 cm³/mol. The maximum atomic E-state index is 11.8. The van der Waals surface area contributed by atoms with Gasteiger partial charge in [-0.2, -0.15) is 0 Å². The van der Waals surface area contributed by atoms with Crippen LogP contribution < -0.4 is 4.90 Å². The number of aryl methyl sites for hydroxylation is 2. The van der Waals surface area contributed by atoms with Crippen LogP contribution in [-0.4, -0.2) is 38.6 Å². The fourth-order valence-corrected chi connectivity index (χ4v) is 5.34. The van der Waals surface area contributed by atoms with Crippen LogP contribution in [0.5, 0.6) is 0 Å². The largest absolute Gasteiger partial charge is 0.480 e. The summed E-state index contributed by atoms with van der Waals surface area (Å²) in [5, 5.41) is 10.7. The fourth-order valence-electron chi connectivity index (χ4n) is 4.09. The Morgan fingerprint density at radius 3 is 3.00 bits per heavy atom. The van der Waals surface area contributed by atoms with Gasteiger partial charge >= 0.3 is 5.97 Å². The van der Waals surface area contributed by atoms with Gasteiger partial charge in [-0.1, -0.05) is 0 Å². The molecule has 26 heavy (non-hydrogen) atoms.